The standard InChI is InChI=1S/C22H28N4O.HI/c1-5-23-22(24-13-12-21-16(3)26-27-17(21)4)25-15(2)19-11-10-18-8-6-7-9-20(18)14-19;/h6-11,14-15H,5,12-13H2,1-4H3,(H2,23,24,25);1H. The zero-order valence-corrected chi connectivity index (χ0v) is 19.3. The Balaban J connectivity index is 0.00000280. The number of nitrogens with one attached hydrogen (secondary N) is 2. The molecule has 0 saturated heterocycles. The molecule has 0 aliphatic rings. The zero-order valence-electron chi connectivity index (χ0n) is 17.0. The third kappa shape index (κ3) is 5.47. The van der Waals surface area contributed by atoms with Crippen molar-refractivity contribution in [2.45, 2.75) is 40.2 Å². The second kappa shape index (κ2) is 10.5. The molecule has 28 heavy (non-hydrogen) atoms. The van der Waals surface area contributed by atoms with Gasteiger partial charge in [-0.05, 0) is 56.5 Å². The van der Waals surface area contributed by atoms with E-state index in [1.165, 1.54) is 16.3 Å². The average Bonchev–Trinajstić information content (AvgIpc) is 2.99. The molecule has 3 rings (SSSR count). The van der Waals surface area contributed by atoms with E-state index < -0.39 is 0 Å². The van der Waals surface area contributed by atoms with Gasteiger partial charge in [-0.1, -0.05) is 41.6 Å². The summed E-state index contributed by atoms with van der Waals surface area (Å²) in [6.07, 6.45) is 0.822. The second-order valence-corrected chi connectivity index (χ2v) is 6.79. The lowest BCUT2D eigenvalue weighted by atomic mass is 10.0. The molecule has 1 heterocycles. The smallest absolute Gasteiger partial charge is 0.191 e. The van der Waals surface area contributed by atoms with Crippen molar-refractivity contribution in [3.05, 3.63) is 65.0 Å². The van der Waals surface area contributed by atoms with Crippen molar-refractivity contribution < 1.29 is 4.52 Å². The van der Waals surface area contributed by atoms with Gasteiger partial charge in [-0.3, -0.25) is 4.99 Å². The SMILES string of the molecule is CCNC(=NCCc1c(C)noc1C)NC(C)c1ccc2ccccc2c1.I. The van der Waals surface area contributed by atoms with E-state index in [-0.39, 0.29) is 30.0 Å². The van der Waals surface area contributed by atoms with E-state index in [2.05, 4.69) is 72.1 Å². The molecule has 2 aromatic carbocycles. The lowest BCUT2D eigenvalue weighted by molar-refractivity contribution is 0.392. The molecule has 0 aliphatic carbocycles. The Kier molecular flexibility index (Phi) is 8.29. The van der Waals surface area contributed by atoms with Crippen LogP contribution in [0.4, 0.5) is 0 Å². The predicted octanol–water partition coefficient (Wildman–Crippen LogP) is 4.92. The first-order chi connectivity index (χ1) is 13.1. The minimum atomic E-state index is 0. The average molecular weight is 492 g/mol. The van der Waals surface area contributed by atoms with Crippen LogP contribution >= 0.6 is 24.0 Å². The van der Waals surface area contributed by atoms with E-state index >= 15 is 0 Å². The monoisotopic (exact) mass is 492 g/mol. The van der Waals surface area contributed by atoms with E-state index in [9.17, 15) is 0 Å². The summed E-state index contributed by atoms with van der Waals surface area (Å²) in [6, 6.07) is 15.2. The van der Waals surface area contributed by atoms with Gasteiger partial charge in [-0.2, -0.15) is 0 Å². The quantitative estimate of drug-likeness (QED) is 0.291. The van der Waals surface area contributed by atoms with Gasteiger partial charge in [0, 0.05) is 18.7 Å². The van der Waals surface area contributed by atoms with Crippen molar-refractivity contribution in [2.75, 3.05) is 13.1 Å². The summed E-state index contributed by atoms with van der Waals surface area (Å²) < 4.78 is 5.23. The summed E-state index contributed by atoms with van der Waals surface area (Å²) in [5.41, 5.74) is 3.34. The minimum Gasteiger partial charge on any atom is -0.361 e. The summed E-state index contributed by atoms with van der Waals surface area (Å²) in [5.74, 6) is 1.70. The van der Waals surface area contributed by atoms with Gasteiger partial charge in [0.25, 0.3) is 0 Å². The van der Waals surface area contributed by atoms with Crippen LogP contribution in [0.15, 0.2) is 52.0 Å². The molecule has 2 N–H and O–H groups in total. The van der Waals surface area contributed by atoms with Crippen molar-refractivity contribution in [3.63, 3.8) is 0 Å². The van der Waals surface area contributed by atoms with Crippen LogP contribution in [0.25, 0.3) is 10.8 Å². The normalized spacial score (nSPS) is 12.5. The van der Waals surface area contributed by atoms with Crippen LogP contribution in [0.2, 0.25) is 0 Å². The molecule has 1 atom stereocenters. The van der Waals surface area contributed by atoms with Gasteiger partial charge in [0.15, 0.2) is 5.96 Å². The second-order valence-electron chi connectivity index (χ2n) is 6.79. The molecular formula is C22H29IN4O. The van der Waals surface area contributed by atoms with Crippen molar-refractivity contribution in [2.24, 2.45) is 4.99 Å². The molecular weight excluding hydrogens is 463 g/mol. The Morgan fingerprint density at radius 2 is 1.89 bits per heavy atom. The highest BCUT2D eigenvalue weighted by atomic mass is 127. The number of hydrogen-bond acceptors (Lipinski definition) is 3. The van der Waals surface area contributed by atoms with Crippen LogP contribution in [-0.2, 0) is 6.42 Å². The van der Waals surface area contributed by atoms with Gasteiger partial charge in [-0.25, -0.2) is 0 Å². The Morgan fingerprint density at radius 3 is 2.57 bits per heavy atom. The van der Waals surface area contributed by atoms with E-state index in [1.54, 1.807) is 0 Å². The number of nitrogens with zero attached hydrogens (tertiary/aromatic N) is 2. The van der Waals surface area contributed by atoms with Crippen LogP contribution in [0.5, 0.6) is 0 Å². The summed E-state index contributed by atoms with van der Waals surface area (Å²) in [6.45, 7) is 9.66. The van der Waals surface area contributed by atoms with Crippen LogP contribution in [-0.4, -0.2) is 24.2 Å². The Hall–Kier alpha value is -2.09. The Morgan fingerprint density at radius 1 is 1.14 bits per heavy atom. The number of aryl methyl sites for hydroxylation is 2. The number of hydrogen-bond donors (Lipinski definition) is 2. The van der Waals surface area contributed by atoms with Gasteiger partial charge in [0.2, 0.25) is 0 Å². The summed E-state index contributed by atoms with van der Waals surface area (Å²) in [4.78, 5) is 4.72. The molecule has 6 heteroatoms. The first-order valence-electron chi connectivity index (χ1n) is 9.53. The number of halogens is 1. The highest BCUT2D eigenvalue weighted by Crippen LogP contribution is 2.20. The number of aliphatic imine (C=N–C) groups is 1. The highest BCUT2D eigenvalue weighted by Gasteiger charge is 2.10. The number of benzene rings is 2. The fourth-order valence-electron chi connectivity index (χ4n) is 3.22. The van der Waals surface area contributed by atoms with Gasteiger partial charge >= 0.3 is 0 Å². The summed E-state index contributed by atoms with van der Waals surface area (Å²) in [7, 11) is 0. The molecule has 1 unspecified atom stereocenters. The van der Waals surface area contributed by atoms with Crippen molar-refractivity contribution in [1.29, 1.82) is 0 Å². The predicted molar refractivity (Wildman–Crippen MR) is 127 cm³/mol. The lowest BCUT2D eigenvalue weighted by Gasteiger charge is -2.18. The fourth-order valence-corrected chi connectivity index (χ4v) is 3.22. The molecule has 0 radical (unpaired) electrons. The minimum absolute atomic E-state index is 0. The molecule has 150 valence electrons. The maximum Gasteiger partial charge on any atom is 0.191 e. The number of fused-ring (bicyclic) bond motifs is 1. The molecule has 0 saturated carbocycles. The number of aromatic nitrogens is 1. The Bertz CT molecular complexity index is 916. The van der Waals surface area contributed by atoms with Crippen LogP contribution < -0.4 is 10.6 Å². The highest BCUT2D eigenvalue weighted by molar-refractivity contribution is 14.0. The molecule has 0 aliphatic heterocycles. The first kappa shape index (κ1) is 22.2. The summed E-state index contributed by atoms with van der Waals surface area (Å²) >= 11 is 0. The van der Waals surface area contributed by atoms with Gasteiger partial charge < -0.3 is 15.2 Å². The van der Waals surface area contributed by atoms with E-state index in [4.69, 9.17) is 9.52 Å². The molecule has 5 nitrogen and oxygen atoms in total. The molecule has 0 fully saturated rings. The number of guanidine groups is 1. The molecule has 0 amide bonds. The van der Waals surface area contributed by atoms with E-state index in [0.717, 1.165) is 35.9 Å². The first-order valence-corrected chi connectivity index (χ1v) is 9.53. The molecule has 0 spiro atoms. The van der Waals surface area contributed by atoms with Crippen LogP contribution in [0.1, 0.15) is 42.5 Å². The molecule has 0 bridgehead atoms. The van der Waals surface area contributed by atoms with Crippen molar-refractivity contribution in [3.8, 4) is 0 Å². The zero-order chi connectivity index (χ0) is 19.2. The van der Waals surface area contributed by atoms with Crippen LogP contribution in [0.3, 0.4) is 0 Å². The van der Waals surface area contributed by atoms with Crippen molar-refractivity contribution >= 4 is 40.7 Å². The van der Waals surface area contributed by atoms with Crippen molar-refractivity contribution in [1.82, 2.24) is 15.8 Å². The van der Waals surface area contributed by atoms with Gasteiger partial charge in [0.05, 0.1) is 11.7 Å². The molecule has 1 aromatic heterocycles. The maximum absolute atomic E-state index is 5.23. The third-order valence-electron chi connectivity index (χ3n) is 4.78. The van der Waals surface area contributed by atoms with E-state index in [1.807, 2.05) is 13.8 Å². The Labute approximate surface area is 184 Å². The summed E-state index contributed by atoms with van der Waals surface area (Å²) in [5, 5.41) is 13.4. The van der Waals surface area contributed by atoms with Crippen LogP contribution in [0, 0.1) is 13.8 Å². The van der Waals surface area contributed by atoms with Gasteiger partial charge in [0.1, 0.15) is 5.76 Å². The van der Waals surface area contributed by atoms with E-state index in [0.29, 0.717) is 6.54 Å². The maximum atomic E-state index is 5.23. The molecule has 3 aromatic rings. The lowest BCUT2D eigenvalue weighted by Crippen LogP contribution is -2.38. The third-order valence-corrected chi connectivity index (χ3v) is 4.78. The number of rotatable bonds is 6. The topological polar surface area (TPSA) is 62.5 Å². The largest absolute Gasteiger partial charge is 0.361 e. The van der Waals surface area contributed by atoms with Gasteiger partial charge in [-0.15, -0.1) is 24.0 Å². The fraction of sp³-hybridized carbons (Fsp3) is 0.364.